The van der Waals surface area contributed by atoms with Crippen molar-refractivity contribution in [3.8, 4) is 0 Å². The average Bonchev–Trinajstić information content (AvgIpc) is 2.33. The van der Waals surface area contributed by atoms with Crippen LogP contribution in [0.25, 0.3) is 0 Å². The molecule has 2 N–H and O–H groups in total. The topological polar surface area (TPSA) is 35.2 Å². The Labute approximate surface area is 75.5 Å². The van der Waals surface area contributed by atoms with E-state index in [1.54, 1.807) is 0 Å². The molecule has 0 saturated carbocycles. The fourth-order valence-electron chi connectivity index (χ4n) is 1.89. The van der Waals surface area contributed by atoms with E-state index in [4.69, 9.17) is 10.5 Å². The van der Waals surface area contributed by atoms with E-state index in [1.165, 1.54) is 12.8 Å². The molecule has 2 atom stereocenters. The summed E-state index contributed by atoms with van der Waals surface area (Å²) in [5, 5.41) is 0. The largest absolute Gasteiger partial charge is 0.372 e. The predicted octanol–water partition coefficient (Wildman–Crippen LogP) is 1.93. The van der Waals surface area contributed by atoms with Crippen molar-refractivity contribution in [2.75, 3.05) is 6.54 Å². The normalized spacial score (nSPS) is 36.2. The molecule has 0 aromatic rings. The highest BCUT2D eigenvalue weighted by molar-refractivity contribution is 4.86. The zero-order chi connectivity index (χ0) is 9.19. The van der Waals surface area contributed by atoms with Crippen LogP contribution in [0, 0.1) is 5.92 Å². The summed E-state index contributed by atoms with van der Waals surface area (Å²) in [7, 11) is 0. The van der Waals surface area contributed by atoms with Crippen LogP contribution in [0.1, 0.15) is 40.0 Å². The molecule has 12 heavy (non-hydrogen) atoms. The fourth-order valence-corrected chi connectivity index (χ4v) is 1.89. The molecule has 0 bridgehead atoms. The molecular formula is C10H21NO. The maximum atomic E-state index is 5.97. The van der Waals surface area contributed by atoms with Crippen molar-refractivity contribution >= 4 is 0 Å². The molecule has 0 amide bonds. The zero-order valence-electron chi connectivity index (χ0n) is 8.47. The number of hydrogen-bond acceptors (Lipinski definition) is 2. The Morgan fingerprint density at radius 1 is 1.58 bits per heavy atom. The smallest absolute Gasteiger partial charge is 0.0671 e. The first-order valence-corrected chi connectivity index (χ1v) is 4.95. The number of hydrogen-bond donors (Lipinski definition) is 1. The van der Waals surface area contributed by atoms with Crippen LogP contribution in [0.3, 0.4) is 0 Å². The van der Waals surface area contributed by atoms with E-state index >= 15 is 0 Å². The van der Waals surface area contributed by atoms with Gasteiger partial charge < -0.3 is 10.5 Å². The highest BCUT2D eigenvalue weighted by Gasteiger charge is 2.36. The summed E-state index contributed by atoms with van der Waals surface area (Å²) in [5.74, 6) is 0.643. The van der Waals surface area contributed by atoms with E-state index in [0.29, 0.717) is 12.0 Å². The lowest BCUT2D eigenvalue weighted by atomic mass is 9.97. The van der Waals surface area contributed by atoms with Crippen molar-refractivity contribution < 1.29 is 4.74 Å². The molecule has 0 aromatic heterocycles. The van der Waals surface area contributed by atoms with Gasteiger partial charge in [0.25, 0.3) is 0 Å². The first kappa shape index (κ1) is 10.0. The third-order valence-corrected chi connectivity index (χ3v) is 2.81. The van der Waals surface area contributed by atoms with E-state index in [9.17, 15) is 0 Å². The Kier molecular flexibility index (Phi) is 3.13. The van der Waals surface area contributed by atoms with Crippen LogP contribution < -0.4 is 5.73 Å². The molecule has 1 saturated heterocycles. The molecule has 72 valence electrons. The Balaban J connectivity index is 2.43. The van der Waals surface area contributed by atoms with Crippen LogP contribution in [0.5, 0.6) is 0 Å². The van der Waals surface area contributed by atoms with Crippen LogP contribution >= 0.6 is 0 Å². The van der Waals surface area contributed by atoms with Gasteiger partial charge in [-0.15, -0.1) is 0 Å². The second kappa shape index (κ2) is 3.75. The number of nitrogens with two attached hydrogens (primary N) is 1. The monoisotopic (exact) mass is 171 g/mol. The highest BCUT2D eigenvalue weighted by Crippen LogP contribution is 2.35. The van der Waals surface area contributed by atoms with Gasteiger partial charge >= 0.3 is 0 Å². The number of ether oxygens (including phenoxy) is 1. The fraction of sp³-hybridized carbons (Fsp3) is 1.00. The van der Waals surface area contributed by atoms with E-state index < -0.39 is 0 Å². The van der Waals surface area contributed by atoms with Crippen LogP contribution in [-0.2, 0) is 4.74 Å². The Hall–Kier alpha value is -0.0800. The standard InChI is InChI=1S/C10H21NO/c1-8(2)9-4-5-10(3,12-9)6-7-11/h8-9H,4-7,11H2,1-3H3. The Morgan fingerprint density at radius 3 is 2.67 bits per heavy atom. The van der Waals surface area contributed by atoms with Gasteiger partial charge in [0.05, 0.1) is 11.7 Å². The lowest BCUT2D eigenvalue weighted by molar-refractivity contribution is -0.0489. The van der Waals surface area contributed by atoms with E-state index in [1.807, 2.05) is 0 Å². The summed E-state index contributed by atoms with van der Waals surface area (Å²) in [6.45, 7) is 7.36. The third kappa shape index (κ3) is 2.20. The van der Waals surface area contributed by atoms with Gasteiger partial charge in [0.1, 0.15) is 0 Å². The van der Waals surface area contributed by atoms with Crippen molar-refractivity contribution in [2.45, 2.75) is 51.7 Å². The van der Waals surface area contributed by atoms with E-state index in [0.717, 1.165) is 13.0 Å². The average molecular weight is 171 g/mol. The molecule has 2 unspecified atom stereocenters. The van der Waals surface area contributed by atoms with Crippen molar-refractivity contribution in [3.63, 3.8) is 0 Å². The van der Waals surface area contributed by atoms with Gasteiger partial charge in [0.15, 0.2) is 0 Å². The van der Waals surface area contributed by atoms with Crippen LogP contribution in [-0.4, -0.2) is 18.2 Å². The van der Waals surface area contributed by atoms with Gasteiger partial charge in [0.2, 0.25) is 0 Å². The minimum absolute atomic E-state index is 0.0731. The van der Waals surface area contributed by atoms with Crippen molar-refractivity contribution in [3.05, 3.63) is 0 Å². The first-order valence-electron chi connectivity index (χ1n) is 4.95. The summed E-state index contributed by atoms with van der Waals surface area (Å²) in [6, 6.07) is 0. The van der Waals surface area contributed by atoms with Crippen LogP contribution in [0.15, 0.2) is 0 Å². The molecule has 1 heterocycles. The van der Waals surface area contributed by atoms with Crippen LogP contribution in [0.4, 0.5) is 0 Å². The lowest BCUT2D eigenvalue weighted by Crippen LogP contribution is -2.29. The molecule has 0 spiro atoms. The molecular weight excluding hydrogens is 150 g/mol. The van der Waals surface area contributed by atoms with Gasteiger partial charge in [-0.25, -0.2) is 0 Å². The second-order valence-corrected chi connectivity index (χ2v) is 4.43. The highest BCUT2D eigenvalue weighted by atomic mass is 16.5. The Morgan fingerprint density at radius 2 is 2.25 bits per heavy atom. The maximum absolute atomic E-state index is 5.97. The summed E-state index contributed by atoms with van der Waals surface area (Å²) < 4.78 is 5.97. The quantitative estimate of drug-likeness (QED) is 0.704. The zero-order valence-corrected chi connectivity index (χ0v) is 8.47. The van der Waals surface area contributed by atoms with Crippen LogP contribution in [0.2, 0.25) is 0 Å². The Bertz CT molecular complexity index is 147. The molecule has 1 aliphatic rings. The molecule has 1 rings (SSSR count). The van der Waals surface area contributed by atoms with Gasteiger partial charge in [-0.2, -0.15) is 0 Å². The van der Waals surface area contributed by atoms with E-state index in [2.05, 4.69) is 20.8 Å². The summed E-state index contributed by atoms with van der Waals surface area (Å²) >= 11 is 0. The predicted molar refractivity (Wildman–Crippen MR) is 51.0 cm³/mol. The molecule has 0 aliphatic carbocycles. The summed E-state index contributed by atoms with van der Waals surface area (Å²) in [4.78, 5) is 0. The summed E-state index contributed by atoms with van der Waals surface area (Å²) in [5.41, 5.74) is 5.61. The van der Waals surface area contributed by atoms with Crippen molar-refractivity contribution in [2.24, 2.45) is 11.7 Å². The first-order chi connectivity index (χ1) is 5.57. The van der Waals surface area contributed by atoms with E-state index in [-0.39, 0.29) is 5.60 Å². The van der Waals surface area contributed by atoms with Gasteiger partial charge in [-0.05, 0) is 38.6 Å². The maximum Gasteiger partial charge on any atom is 0.0671 e. The third-order valence-electron chi connectivity index (χ3n) is 2.81. The van der Waals surface area contributed by atoms with Crippen molar-refractivity contribution in [1.82, 2.24) is 0 Å². The van der Waals surface area contributed by atoms with Gasteiger partial charge in [-0.1, -0.05) is 13.8 Å². The minimum Gasteiger partial charge on any atom is -0.372 e. The molecule has 2 heteroatoms. The number of rotatable bonds is 3. The lowest BCUT2D eigenvalue weighted by Gasteiger charge is -2.25. The SMILES string of the molecule is CC(C)C1CCC(C)(CCN)O1. The molecule has 0 aromatic carbocycles. The second-order valence-electron chi connectivity index (χ2n) is 4.43. The van der Waals surface area contributed by atoms with Gasteiger partial charge in [-0.3, -0.25) is 0 Å². The minimum atomic E-state index is 0.0731. The van der Waals surface area contributed by atoms with Crippen molar-refractivity contribution in [1.29, 1.82) is 0 Å². The summed E-state index contributed by atoms with van der Waals surface area (Å²) in [6.07, 6.45) is 3.83. The molecule has 1 fully saturated rings. The van der Waals surface area contributed by atoms with Gasteiger partial charge in [0, 0.05) is 0 Å². The molecule has 2 nitrogen and oxygen atoms in total. The molecule has 1 aliphatic heterocycles. The molecule has 0 radical (unpaired) electrons.